The molecule has 0 aliphatic carbocycles. The summed E-state index contributed by atoms with van der Waals surface area (Å²) in [6, 6.07) is 0.187. The van der Waals surface area contributed by atoms with E-state index in [2.05, 4.69) is 15.3 Å². The molecule has 1 aromatic heterocycles. The van der Waals surface area contributed by atoms with E-state index in [1.54, 1.807) is 10.9 Å². The van der Waals surface area contributed by atoms with Crippen LogP contribution in [-0.4, -0.2) is 60.0 Å². The number of hydrogen-bond donors (Lipinski definition) is 2. The van der Waals surface area contributed by atoms with Crippen LogP contribution in [-0.2, 0) is 4.74 Å². The van der Waals surface area contributed by atoms with Gasteiger partial charge in [-0.25, -0.2) is 0 Å². The lowest BCUT2D eigenvalue weighted by Crippen LogP contribution is -2.41. The molecule has 112 valence electrons. The highest BCUT2D eigenvalue weighted by molar-refractivity contribution is 5.96. The molecular weight excluding hydrogens is 258 g/mol. The van der Waals surface area contributed by atoms with Gasteiger partial charge in [-0.05, 0) is 13.8 Å². The molecule has 0 aromatic carbocycles. The zero-order chi connectivity index (χ0) is 14.5. The number of ether oxygens (including phenoxy) is 1. The molecule has 1 amide bonds. The van der Waals surface area contributed by atoms with Crippen LogP contribution in [0.4, 0.5) is 5.69 Å². The third-order valence-electron chi connectivity index (χ3n) is 3.32. The summed E-state index contributed by atoms with van der Waals surface area (Å²) in [7, 11) is 0. The number of aromatic nitrogens is 2. The van der Waals surface area contributed by atoms with Crippen molar-refractivity contribution in [1.29, 1.82) is 0 Å². The number of morpholine rings is 1. The quantitative estimate of drug-likeness (QED) is 0.800. The molecule has 1 aliphatic heterocycles. The number of rotatable bonds is 5. The minimum atomic E-state index is -0.213. The van der Waals surface area contributed by atoms with E-state index in [9.17, 15) is 4.79 Å². The first-order chi connectivity index (χ1) is 9.58. The fourth-order valence-corrected chi connectivity index (χ4v) is 2.08. The van der Waals surface area contributed by atoms with Gasteiger partial charge in [0.15, 0.2) is 5.69 Å². The maximum absolute atomic E-state index is 12.0. The third-order valence-corrected chi connectivity index (χ3v) is 3.32. The number of anilines is 1. The topological polar surface area (TPSA) is 85.4 Å². The summed E-state index contributed by atoms with van der Waals surface area (Å²) in [6.45, 7) is 8.76. The molecule has 1 saturated heterocycles. The predicted molar refractivity (Wildman–Crippen MR) is 76.6 cm³/mol. The largest absolute Gasteiger partial charge is 0.396 e. The van der Waals surface area contributed by atoms with Gasteiger partial charge in [-0.1, -0.05) is 0 Å². The molecule has 1 aromatic rings. The van der Waals surface area contributed by atoms with Crippen LogP contribution in [0.1, 0.15) is 30.4 Å². The van der Waals surface area contributed by atoms with Gasteiger partial charge in [0.05, 0.1) is 18.9 Å². The van der Waals surface area contributed by atoms with Gasteiger partial charge in [-0.2, -0.15) is 5.10 Å². The second-order valence-electron chi connectivity index (χ2n) is 5.22. The first kappa shape index (κ1) is 14.8. The van der Waals surface area contributed by atoms with Crippen LogP contribution >= 0.6 is 0 Å². The van der Waals surface area contributed by atoms with Crippen LogP contribution in [0.3, 0.4) is 0 Å². The number of amides is 1. The number of carbonyl (C=O) groups is 1. The first-order valence-corrected chi connectivity index (χ1v) is 7.01. The molecule has 7 heteroatoms. The number of nitrogens with zero attached hydrogens (tertiary/aromatic N) is 3. The molecule has 1 fully saturated rings. The first-order valence-electron chi connectivity index (χ1n) is 7.01. The Bertz CT molecular complexity index is 452. The predicted octanol–water partition coefficient (Wildman–Crippen LogP) is 0.108. The highest BCUT2D eigenvalue weighted by Crippen LogP contribution is 2.12. The van der Waals surface area contributed by atoms with Crippen molar-refractivity contribution in [3.63, 3.8) is 0 Å². The lowest BCUT2D eigenvalue weighted by atomic mass is 10.3. The molecule has 20 heavy (non-hydrogen) atoms. The van der Waals surface area contributed by atoms with Crippen molar-refractivity contribution >= 4 is 11.6 Å². The van der Waals surface area contributed by atoms with Crippen LogP contribution in [0, 0.1) is 0 Å². The van der Waals surface area contributed by atoms with Crippen molar-refractivity contribution in [2.24, 2.45) is 0 Å². The van der Waals surface area contributed by atoms with E-state index in [-0.39, 0.29) is 11.9 Å². The third kappa shape index (κ3) is 3.71. The Hall–Kier alpha value is -1.60. The zero-order valence-corrected chi connectivity index (χ0v) is 12.1. The SMILES string of the molecule is CC(C)n1cc(N)c(C(=O)NCCN2CCOCC2)n1. The average molecular weight is 281 g/mol. The van der Waals surface area contributed by atoms with Crippen LogP contribution in [0.5, 0.6) is 0 Å². The second kappa shape index (κ2) is 6.71. The smallest absolute Gasteiger partial charge is 0.273 e. The fraction of sp³-hybridized carbons (Fsp3) is 0.692. The lowest BCUT2D eigenvalue weighted by Gasteiger charge is -2.26. The highest BCUT2D eigenvalue weighted by atomic mass is 16.5. The van der Waals surface area contributed by atoms with Crippen molar-refractivity contribution in [3.8, 4) is 0 Å². The lowest BCUT2D eigenvalue weighted by molar-refractivity contribution is 0.0383. The van der Waals surface area contributed by atoms with E-state index in [4.69, 9.17) is 10.5 Å². The maximum Gasteiger partial charge on any atom is 0.273 e. The highest BCUT2D eigenvalue weighted by Gasteiger charge is 2.16. The fourth-order valence-electron chi connectivity index (χ4n) is 2.08. The Morgan fingerprint density at radius 3 is 2.80 bits per heavy atom. The Kier molecular flexibility index (Phi) is 4.97. The molecule has 0 spiro atoms. The molecule has 2 rings (SSSR count). The number of hydrogen-bond acceptors (Lipinski definition) is 5. The summed E-state index contributed by atoms with van der Waals surface area (Å²) in [6.07, 6.45) is 1.70. The van der Waals surface area contributed by atoms with E-state index in [1.165, 1.54) is 0 Å². The maximum atomic E-state index is 12.0. The summed E-state index contributed by atoms with van der Waals surface area (Å²) in [5.41, 5.74) is 6.55. The Morgan fingerprint density at radius 1 is 1.50 bits per heavy atom. The Balaban J connectivity index is 1.82. The monoisotopic (exact) mass is 281 g/mol. The molecule has 0 saturated carbocycles. The molecule has 0 bridgehead atoms. The zero-order valence-electron chi connectivity index (χ0n) is 12.1. The number of nitrogens with one attached hydrogen (secondary N) is 1. The molecule has 7 nitrogen and oxygen atoms in total. The van der Waals surface area contributed by atoms with E-state index in [0.717, 1.165) is 32.8 Å². The average Bonchev–Trinajstić information content (AvgIpc) is 2.82. The molecule has 0 unspecified atom stereocenters. The van der Waals surface area contributed by atoms with Crippen molar-refractivity contribution < 1.29 is 9.53 Å². The van der Waals surface area contributed by atoms with Gasteiger partial charge in [-0.3, -0.25) is 14.4 Å². The minimum Gasteiger partial charge on any atom is -0.396 e. The van der Waals surface area contributed by atoms with Gasteiger partial charge in [0.2, 0.25) is 0 Å². The summed E-state index contributed by atoms with van der Waals surface area (Å²) in [4.78, 5) is 14.3. The summed E-state index contributed by atoms with van der Waals surface area (Å²) < 4.78 is 6.98. The molecule has 0 radical (unpaired) electrons. The van der Waals surface area contributed by atoms with E-state index >= 15 is 0 Å². The number of nitrogen functional groups attached to an aromatic ring is 1. The summed E-state index contributed by atoms with van der Waals surface area (Å²) in [5, 5.41) is 7.08. The Morgan fingerprint density at radius 2 is 2.20 bits per heavy atom. The second-order valence-corrected chi connectivity index (χ2v) is 5.22. The van der Waals surface area contributed by atoms with Crippen LogP contribution in [0.25, 0.3) is 0 Å². The van der Waals surface area contributed by atoms with Crippen molar-refractivity contribution in [2.45, 2.75) is 19.9 Å². The van der Waals surface area contributed by atoms with Crippen LogP contribution < -0.4 is 11.1 Å². The van der Waals surface area contributed by atoms with Gasteiger partial charge in [0, 0.05) is 38.4 Å². The van der Waals surface area contributed by atoms with E-state index in [1.807, 2.05) is 13.8 Å². The van der Waals surface area contributed by atoms with Crippen LogP contribution in [0.2, 0.25) is 0 Å². The number of carbonyl (C=O) groups excluding carboxylic acids is 1. The van der Waals surface area contributed by atoms with Gasteiger partial charge >= 0.3 is 0 Å². The van der Waals surface area contributed by atoms with Gasteiger partial charge in [-0.15, -0.1) is 0 Å². The molecule has 2 heterocycles. The van der Waals surface area contributed by atoms with E-state index in [0.29, 0.717) is 17.9 Å². The summed E-state index contributed by atoms with van der Waals surface area (Å²) in [5.74, 6) is -0.213. The van der Waals surface area contributed by atoms with Crippen molar-refractivity contribution in [3.05, 3.63) is 11.9 Å². The van der Waals surface area contributed by atoms with E-state index < -0.39 is 0 Å². The van der Waals surface area contributed by atoms with Gasteiger partial charge < -0.3 is 15.8 Å². The van der Waals surface area contributed by atoms with Crippen LogP contribution in [0.15, 0.2) is 6.20 Å². The Labute approximate surface area is 119 Å². The minimum absolute atomic E-state index is 0.187. The summed E-state index contributed by atoms with van der Waals surface area (Å²) >= 11 is 0. The molecule has 0 atom stereocenters. The van der Waals surface area contributed by atoms with Crippen molar-refractivity contribution in [2.75, 3.05) is 45.1 Å². The molecule has 1 aliphatic rings. The van der Waals surface area contributed by atoms with Gasteiger partial charge in [0.25, 0.3) is 5.91 Å². The molecular formula is C13H23N5O2. The standard InChI is InChI=1S/C13H23N5O2/c1-10(2)18-9-11(14)12(16-18)13(19)15-3-4-17-5-7-20-8-6-17/h9-10H,3-8,14H2,1-2H3,(H,15,19). The van der Waals surface area contributed by atoms with Gasteiger partial charge in [0.1, 0.15) is 0 Å². The van der Waals surface area contributed by atoms with Crippen molar-refractivity contribution in [1.82, 2.24) is 20.0 Å². The normalized spacial score (nSPS) is 16.6. The molecule has 3 N–H and O–H groups in total. The number of nitrogens with two attached hydrogens (primary N) is 1.